The van der Waals surface area contributed by atoms with E-state index in [9.17, 15) is 18.0 Å². The van der Waals surface area contributed by atoms with E-state index in [2.05, 4.69) is 25.7 Å². The molecule has 0 amide bonds. The number of ketones is 2. The molecule has 1 aliphatic carbocycles. The molecule has 3 rings (SSSR count). The fourth-order valence-electron chi connectivity index (χ4n) is 2.21. The second kappa shape index (κ2) is 6.28. The van der Waals surface area contributed by atoms with Crippen molar-refractivity contribution in [2.75, 3.05) is 0 Å². The van der Waals surface area contributed by atoms with E-state index in [0.717, 1.165) is 4.09 Å². The Labute approximate surface area is 136 Å². The molecule has 124 valence electrons. The van der Waals surface area contributed by atoms with E-state index in [1.165, 1.54) is 12.3 Å². The first-order valence-corrected chi connectivity index (χ1v) is 8.42. The molecule has 0 bridgehead atoms. The minimum Gasteiger partial charge on any atom is -0.290 e. The SMILES string of the molecule is O=C(Cc1ccnn1S(=O)(=O)C1C=CC=CC1)C(=O)c1nn[nH]n1. The van der Waals surface area contributed by atoms with Gasteiger partial charge in [-0.3, -0.25) is 9.59 Å². The number of nitrogens with zero attached hydrogens (tertiary/aromatic N) is 5. The van der Waals surface area contributed by atoms with E-state index >= 15 is 0 Å². The number of aromatic amines is 1. The topological polar surface area (TPSA) is 141 Å². The maximum atomic E-state index is 12.6. The first-order chi connectivity index (χ1) is 11.5. The average Bonchev–Trinajstić information content (AvgIpc) is 3.26. The zero-order valence-electron chi connectivity index (χ0n) is 12.2. The first-order valence-electron chi connectivity index (χ1n) is 6.92. The Balaban J connectivity index is 1.83. The van der Waals surface area contributed by atoms with Crippen LogP contribution in [0.5, 0.6) is 0 Å². The van der Waals surface area contributed by atoms with Crippen LogP contribution in [0.25, 0.3) is 0 Å². The van der Waals surface area contributed by atoms with Crippen molar-refractivity contribution in [3.05, 3.63) is 48.1 Å². The highest BCUT2D eigenvalue weighted by molar-refractivity contribution is 7.90. The van der Waals surface area contributed by atoms with Gasteiger partial charge in [0.15, 0.2) is 0 Å². The van der Waals surface area contributed by atoms with Gasteiger partial charge in [0, 0.05) is 0 Å². The number of rotatable bonds is 6. The summed E-state index contributed by atoms with van der Waals surface area (Å²) in [5.41, 5.74) is 0.0970. The average molecular weight is 348 g/mol. The lowest BCUT2D eigenvalue weighted by Crippen LogP contribution is -2.30. The van der Waals surface area contributed by atoms with Gasteiger partial charge in [-0.15, -0.1) is 10.2 Å². The van der Waals surface area contributed by atoms with Crippen molar-refractivity contribution in [2.24, 2.45) is 0 Å². The Morgan fingerprint density at radius 2 is 2.17 bits per heavy atom. The van der Waals surface area contributed by atoms with Gasteiger partial charge >= 0.3 is 0 Å². The molecule has 24 heavy (non-hydrogen) atoms. The van der Waals surface area contributed by atoms with Gasteiger partial charge in [-0.25, -0.2) is 8.42 Å². The van der Waals surface area contributed by atoms with Crippen molar-refractivity contribution in [3.8, 4) is 0 Å². The summed E-state index contributed by atoms with van der Waals surface area (Å²) in [7, 11) is -3.82. The second-order valence-electron chi connectivity index (χ2n) is 4.96. The Bertz CT molecular complexity index is 926. The summed E-state index contributed by atoms with van der Waals surface area (Å²) in [6.07, 6.45) is 7.82. The van der Waals surface area contributed by atoms with Crippen LogP contribution in [-0.4, -0.2) is 55.0 Å². The van der Waals surface area contributed by atoms with Crippen molar-refractivity contribution in [1.29, 1.82) is 0 Å². The lowest BCUT2D eigenvalue weighted by Gasteiger charge is -2.15. The minimum absolute atomic E-state index is 0.0970. The Morgan fingerprint density at radius 1 is 1.33 bits per heavy atom. The van der Waals surface area contributed by atoms with Crippen LogP contribution in [0.1, 0.15) is 22.7 Å². The van der Waals surface area contributed by atoms with Crippen LogP contribution in [0.4, 0.5) is 0 Å². The molecule has 0 spiro atoms. The summed E-state index contributed by atoms with van der Waals surface area (Å²) in [5, 5.41) is 15.2. The number of Topliss-reactive ketones (excluding diaryl/α,β-unsaturated/α-hetero) is 2. The molecule has 10 nitrogen and oxygen atoms in total. The fourth-order valence-corrected chi connectivity index (χ4v) is 3.75. The van der Waals surface area contributed by atoms with Gasteiger partial charge in [-0.1, -0.05) is 24.3 Å². The summed E-state index contributed by atoms with van der Waals surface area (Å²) < 4.78 is 26.1. The van der Waals surface area contributed by atoms with Crippen LogP contribution < -0.4 is 0 Å². The predicted molar refractivity (Wildman–Crippen MR) is 80.4 cm³/mol. The zero-order valence-corrected chi connectivity index (χ0v) is 13.0. The highest BCUT2D eigenvalue weighted by Gasteiger charge is 2.29. The van der Waals surface area contributed by atoms with Crippen LogP contribution in [0.3, 0.4) is 0 Å². The van der Waals surface area contributed by atoms with E-state index in [4.69, 9.17) is 0 Å². The molecule has 11 heteroatoms. The Kier molecular flexibility index (Phi) is 4.16. The molecule has 2 aromatic heterocycles. The fraction of sp³-hybridized carbons (Fsp3) is 0.231. The molecule has 1 aliphatic rings. The molecule has 1 N–H and O–H groups in total. The molecular weight excluding hydrogens is 336 g/mol. The van der Waals surface area contributed by atoms with Crippen molar-refractivity contribution >= 4 is 21.6 Å². The monoisotopic (exact) mass is 348 g/mol. The maximum absolute atomic E-state index is 12.6. The van der Waals surface area contributed by atoms with Crippen molar-refractivity contribution in [1.82, 2.24) is 29.8 Å². The number of carbonyl (C=O) groups excluding carboxylic acids is 2. The molecule has 0 aliphatic heterocycles. The standard InChI is InChI=1S/C13H12N6O4S/c20-11(12(21)13-15-17-18-16-13)8-9-6-7-14-19(9)24(22,23)10-4-2-1-3-5-10/h1-4,6-7,10H,5,8H2,(H,15,16,17,18). The van der Waals surface area contributed by atoms with Gasteiger partial charge in [-0.2, -0.15) is 14.4 Å². The van der Waals surface area contributed by atoms with Gasteiger partial charge in [0.2, 0.25) is 11.6 Å². The second-order valence-corrected chi connectivity index (χ2v) is 6.94. The van der Waals surface area contributed by atoms with Gasteiger partial charge in [0.1, 0.15) is 5.25 Å². The van der Waals surface area contributed by atoms with E-state index in [0.29, 0.717) is 6.42 Å². The van der Waals surface area contributed by atoms with E-state index < -0.39 is 33.3 Å². The largest absolute Gasteiger partial charge is 0.290 e. The highest BCUT2D eigenvalue weighted by atomic mass is 32.2. The van der Waals surface area contributed by atoms with Crippen molar-refractivity contribution in [2.45, 2.75) is 18.1 Å². The summed E-state index contributed by atoms with van der Waals surface area (Å²) in [6.45, 7) is 0. The Morgan fingerprint density at radius 3 is 2.83 bits per heavy atom. The molecule has 1 atom stereocenters. The van der Waals surface area contributed by atoms with Gasteiger partial charge < -0.3 is 0 Å². The third-order valence-electron chi connectivity index (χ3n) is 3.39. The molecule has 0 fully saturated rings. The minimum atomic E-state index is -3.82. The molecule has 2 heterocycles. The molecule has 2 aromatic rings. The van der Waals surface area contributed by atoms with Crippen LogP contribution in [0.2, 0.25) is 0 Å². The highest BCUT2D eigenvalue weighted by Crippen LogP contribution is 2.17. The first kappa shape index (κ1) is 15.9. The van der Waals surface area contributed by atoms with Crippen molar-refractivity contribution in [3.63, 3.8) is 0 Å². The van der Waals surface area contributed by atoms with E-state index in [1.807, 2.05) is 0 Å². The number of aromatic nitrogens is 6. The lowest BCUT2D eigenvalue weighted by atomic mass is 10.1. The third-order valence-corrected chi connectivity index (χ3v) is 5.32. The molecule has 0 aromatic carbocycles. The summed E-state index contributed by atoms with van der Waals surface area (Å²) in [4.78, 5) is 23.9. The number of nitrogens with one attached hydrogen (secondary N) is 1. The molecule has 0 radical (unpaired) electrons. The van der Waals surface area contributed by atoms with Crippen LogP contribution in [-0.2, 0) is 21.2 Å². The van der Waals surface area contributed by atoms with Crippen LogP contribution >= 0.6 is 0 Å². The van der Waals surface area contributed by atoms with Crippen LogP contribution in [0, 0.1) is 0 Å². The lowest BCUT2D eigenvalue weighted by molar-refractivity contribution is -0.114. The number of hydrogen-bond acceptors (Lipinski definition) is 8. The van der Waals surface area contributed by atoms with Gasteiger partial charge in [0.05, 0.1) is 18.3 Å². The van der Waals surface area contributed by atoms with Gasteiger partial charge in [0.25, 0.3) is 15.8 Å². The van der Waals surface area contributed by atoms with Crippen molar-refractivity contribution < 1.29 is 18.0 Å². The Hall–Kier alpha value is -2.95. The van der Waals surface area contributed by atoms with E-state index in [1.54, 1.807) is 24.3 Å². The molecule has 0 saturated carbocycles. The number of hydrogen-bond donors (Lipinski definition) is 1. The predicted octanol–water partition coefficient (Wildman–Crippen LogP) is -0.547. The smallest absolute Gasteiger partial charge is 0.269 e. The summed E-state index contributed by atoms with van der Waals surface area (Å²) >= 11 is 0. The van der Waals surface area contributed by atoms with Gasteiger partial charge in [-0.05, 0) is 17.7 Å². The maximum Gasteiger partial charge on any atom is 0.269 e. The van der Waals surface area contributed by atoms with E-state index in [-0.39, 0.29) is 11.5 Å². The summed E-state index contributed by atoms with van der Waals surface area (Å²) in [6, 6.07) is 1.38. The number of carbonyl (C=O) groups is 2. The normalized spacial score (nSPS) is 17.1. The molecular formula is C13H12N6O4S. The summed E-state index contributed by atoms with van der Waals surface area (Å²) in [5.74, 6) is -2.17. The number of H-pyrrole nitrogens is 1. The number of allylic oxidation sites excluding steroid dienone is 3. The molecule has 0 saturated heterocycles. The quantitative estimate of drug-likeness (QED) is 0.542. The molecule has 1 unspecified atom stereocenters. The zero-order chi connectivity index (χ0) is 17.2. The number of tetrazole rings is 1. The third kappa shape index (κ3) is 2.93. The van der Waals surface area contributed by atoms with Crippen LogP contribution in [0.15, 0.2) is 36.6 Å².